The summed E-state index contributed by atoms with van der Waals surface area (Å²) in [7, 11) is 0. The topological polar surface area (TPSA) is 37.3 Å². The highest BCUT2D eigenvalue weighted by Crippen LogP contribution is 2.39. The molecule has 1 rings (SSSR count). The number of carboxylic acid groups (broad SMARTS) is 1. The Hall–Kier alpha value is -0.940. The van der Waals surface area contributed by atoms with E-state index in [1.165, 1.54) is 0 Å². The maximum Gasteiger partial charge on any atom is 0.417 e. The molecule has 16 heavy (non-hydrogen) atoms. The van der Waals surface area contributed by atoms with Crippen LogP contribution >= 0.6 is 23.2 Å². The van der Waals surface area contributed by atoms with Crippen molar-refractivity contribution in [1.82, 2.24) is 0 Å². The fourth-order valence-corrected chi connectivity index (χ4v) is 1.63. The molecule has 0 aromatic heterocycles. The number of alkyl halides is 3. The van der Waals surface area contributed by atoms with E-state index < -0.39 is 29.2 Å². The summed E-state index contributed by atoms with van der Waals surface area (Å²) in [4.78, 5) is 10.4. The molecule has 1 N–H and O–H groups in total. The Kier molecular flexibility index (Phi) is 3.70. The summed E-state index contributed by atoms with van der Waals surface area (Å²) in [5, 5.41) is 7.44. The highest BCUT2D eigenvalue weighted by molar-refractivity contribution is 6.43. The van der Waals surface area contributed by atoms with E-state index in [1.54, 1.807) is 0 Å². The lowest BCUT2D eigenvalue weighted by Crippen LogP contribution is -2.08. The lowest BCUT2D eigenvalue weighted by atomic mass is 10.1. The molecule has 0 radical (unpaired) electrons. The molecule has 2 nitrogen and oxygen atoms in total. The van der Waals surface area contributed by atoms with Gasteiger partial charge in [0.1, 0.15) is 0 Å². The van der Waals surface area contributed by atoms with Crippen LogP contribution < -0.4 is 0 Å². The van der Waals surface area contributed by atoms with Crippen molar-refractivity contribution >= 4 is 29.2 Å². The first-order chi connectivity index (χ1) is 7.23. The van der Waals surface area contributed by atoms with E-state index in [9.17, 15) is 18.0 Å². The quantitative estimate of drug-likeness (QED) is 0.893. The van der Waals surface area contributed by atoms with Gasteiger partial charge in [-0.05, 0) is 11.6 Å². The summed E-state index contributed by atoms with van der Waals surface area (Å²) >= 11 is 11.0. The van der Waals surface area contributed by atoms with Crippen LogP contribution in [0.2, 0.25) is 10.0 Å². The average molecular weight is 273 g/mol. The molecule has 0 amide bonds. The Labute approximate surface area is 98.6 Å². The van der Waals surface area contributed by atoms with Gasteiger partial charge in [-0.3, -0.25) is 4.79 Å². The van der Waals surface area contributed by atoms with Crippen molar-refractivity contribution in [1.29, 1.82) is 0 Å². The van der Waals surface area contributed by atoms with Crippen LogP contribution in [-0.4, -0.2) is 11.1 Å². The lowest BCUT2D eigenvalue weighted by molar-refractivity contribution is -0.137. The Balaban J connectivity index is 3.24. The number of halogens is 5. The summed E-state index contributed by atoms with van der Waals surface area (Å²) in [5.74, 6) is -1.20. The minimum absolute atomic E-state index is 0.0483. The van der Waals surface area contributed by atoms with Crippen molar-refractivity contribution in [3.05, 3.63) is 33.3 Å². The summed E-state index contributed by atoms with van der Waals surface area (Å²) in [6.45, 7) is 0. The largest absolute Gasteiger partial charge is 0.481 e. The van der Waals surface area contributed by atoms with Crippen LogP contribution in [0.5, 0.6) is 0 Å². The van der Waals surface area contributed by atoms with Gasteiger partial charge in [-0.1, -0.05) is 29.3 Å². The number of carbonyl (C=O) groups is 1. The maximum atomic E-state index is 12.4. The van der Waals surface area contributed by atoms with E-state index in [0.29, 0.717) is 6.07 Å². The third-order valence-corrected chi connectivity index (χ3v) is 2.73. The van der Waals surface area contributed by atoms with Crippen molar-refractivity contribution < 1.29 is 23.1 Å². The number of benzene rings is 1. The summed E-state index contributed by atoms with van der Waals surface area (Å²) in [6.07, 6.45) is -5.08. The second-order valence-corrected chi connectivity index (χ2v) is 3.72. The third kappa shape index (κ3) is 2.80. The number of rotatable bonds is 2. The summed E-state index contributed by atoms with van der Waals surface area (Å²) in [6, 6.07) is 1.72. The summed E-state index contributed by atoms with van der Waals surface area (Å²) < 4.78 is 37.1. The first-order valence-corrected chi connectivity index (χ1v) is 4.75. The van der Waals surface area contributed by atoms with Gasteiger partial charge in [0.2, 0.25) is 0 Å². The highest BCUT2D eigenvalue weighted by atomic mass is 35.5. The predicted octanol–water partition coefficient (Wildman–Crippen LogP) is 3.64. The molecule has 0 aliphatic heterocycles. The van der Waals surface area contributed by atoms with Crippen molar-refractivity contribution in [3.63, 3.8) is 0 Å². The van der Waals surface area contributed by atoms with Crippen molar-refractivity contribution in [2.45, 2.75) is 12.6 Å². The van der Waals surface area contributed by atoms with Crippen LogP contribution in [0.3, 0.4) is 0 Å². The molecule has 0 saturated heterocycles. The zero-order valence-corrected chi connectivity index (χ0v) is 9.12. The van der Waals surface area contributed by atoms with Gasteiger partial charge in [0, 0.05) is 0 Å². The second kappa shape index (κ2) is 4.51. The minimum atomic E-state index is -4.61. The lowest BCUT2D eigenvalue weighted by Gasteiger charge is -2.11. The van der Waals surface area contributed by atoms with Crippen molar-refractivity contribution in [2.75, 3.05) is 0 Å². The molecule has 1 aromatic rings. The molecule has 0 bridgehead atoms. The van der Waals surface area contributed by atoms with Crippen molar-refractivity contribution in [2.24, 2.45) is 0 Å². The van der Waals surface area contributed by atoms with E-state index in [1.807, 2.05) is 0 Å². The van der Waals surface area contributed by atoms with E-state index >= 15 is 0 Å². The molecule has 0 spiro atoms. The molecular weight excluding hydrogens is 268 g/mol. The Morgan fingerprint density at radius 2 is 1.81 bits per heavy atom. The molecule has 0 aliphatic rings. The number of aliphatic carboxylic acids is 1. The molecule has 7 heteroatoms. The van der Waals surface area contributed by atoms with Crippen LogP contribution in [0.25, 0.3) is 0 Å². The first-order valence-electron chi connectivity index (χ1n) is 3.99. The first kappa shape index (κ1) is 13.1. The molecule has 1 aromatic carbocycles. The molecular formula is C9H5Cl2F3O2. The van der Waals surface area contributed by atoms with Crippen LogP contribution in [0, 0.1) is 0 Å². The normalized spacial score (nSPS) is 11.6. The molecule has 0 aliphatic carbocycles. The van der Waals surface area contributed by atoms with Gasteiger partial charge < -0.3 is 5.11 Å². The van der Waals surface area contributed by atoms with Gasteiger partial charge in [0.15, 0.2) is 0 Å². The monoisotopic (exact) mass is 272 g/mol. The molecule has 0 unspecified atom stereocenters. The molecule has 0 atom stereocenters. The zero-order valence-electron chi connectivity index (χ0n) is 7.61. The van der Waals surface area contributed by atoms with E-state index in [-0.39, 0.29) is 10.6 Å². The maximum absolute atomic E-state index is 12.4. The van der Waals surface area contributed by atoms with Crippen molar-refractivity contribution in [3.8, 4) is 0 Å². The Morgan fingerprint density at radius 3 is 2.25 bits per heavy atom. The van der Waals surface area contributed by atoms with Gasteiger partial charge in [-0.25, -0.2) is 0 Å². The third-order valence-electron chi connectivity index (χ3n) is 1.81. The molecule has 0 saturated carbocycles. The highest BCUT2D eigenvalue weighted by Gasteiger charge is 2.34. The van der Waals surface area contributed by atoms with Crippen LogP contribution in [-0.2, 0) is 17.4 Å². The fraction of sp³-hybridized carbons (Fsp3) is 0.222. The number of carboxylic acids is 1. The zero-order chi connectivity index (χ0) is 12.5. The summed E-state index contributed by atoms with van der Waals surface area (Å²) in [5.41, 5.74) is -1.03. The average Bonchev–Trinajstić information content (AvgIpc) is 2.10. The van der Waals surface area contributed by atoms with Gasteiger partial charge >= 0.3 is 12.1 Å². The SMILES string of the molecule is O=C(O)Cc1ccc(C(F)(F)F)c(Cl)c1Cl. The molecule has 0 fully saturated rings. The molecule has 88 valence electrons. The fourth-order valence-electron chi connectivity index (χ4n) is 1.11. The minimum Gasteiger partial charge on any atom is -0.481 e. The Bertz CT molecular complexity index is 429. The van der Waals surface area contributed by atoms with Crippen LogP contribution in [0.15, 0.2) is 12.1 Å². The second-order valence-electron chi connectivity index (χ2n) is 2.97. The van der Waals surface area contributed by atoms with E-state index in [4.69, 9.17) is 28.3 Å². The Morgan fingerprint density at radius 1 is 1.25 bits per heavy atom. The predicted molar refractivity (Wildman–Crippen MR) is 52.8 cm³/mol. The van der Waals surface area contributed by atoms with Gasteiger partial charge in [0.25, 0.3) is 0 Å². The van der Waals surface area contributed by atoms with E-state index in [0.717, 1.165) is 6.07 Å². The molecule has 0 heterocycles. The van der Waals surface area contributed by atoms with Gasteiger partial charge in [-0.2, -0.15) is 13.2 Å². The number of hydrogen-bond acceptors (Lipinski definition) is 1. The van der Waals surface area contributed by atoms with Gasteiger partial charge in [0.05, 0.1) is 22.0 Å². The standard InChI is InChI=1S/C9H5Cl2F3O2/c10-7-4(3-6(15)16)1-2-5(8(7)11)9(12,13)14/h1-2H,3H2,(H,15,16). The van der Waals surface area contributed by atoms with Crippen LogP contribution in [0.1, 0.15) is 11.1 Å². The number of hydrogen-bond donors (Lipinski definition) is 1. The van der Waals surface area contributed by atoms with Gasteiger partial charge in [-0.15, -0.1) is 0 Å². The van der Waals surface area contributed by atoms with E-state index in [2.05, 4.69) is 0 Å². The van der Waals surface area contributed by atoms with Crippen LogP contribution in [0.4, 0.5) is 13.2 Å². The smallest absolute Gasteiger partial charge is 0.417 e.